The fourth-order valence-corrected chi connectivity index (χ4v) is 3.59. The molecule has 0 radical (unpaired) electrons. The van der Waals surface area contributed by atoms with Gasteiger partial charge in [0.2, 0.25) is 6.29 Å². The average Bonchev–Trinajstić information content (AvgIpc) is 2.59. The Morgan fingerprint density at radius 3 is 2.57 bits per heavy atom. The van der Waals surface area contributed by atoms with Gasteiger partial charge < -0.3 is 29.2 Å². The van der Waals surface area contributed by atoms with Crippen molar-refractivity contribution in [2.45, 2.75) is 37.6 Å². The molecule has 1 saturated heterocycles. The Balaban J connectivity index is 1.94. The Kier molecular flexibility index (Phi) is 5.72. The van der Waals surface area contributed by atoms with E-state index < -0.39 is 53.2 Å². The van der Waals surface area contributed by atoms with Crippen molar-refractivity contribution in [2.24, 2.45) is 0 Å². The van der Waals surface area contributed by atoms with E-state index in [4.69, 9.17) is 18.4 Å². The van der Waals surface area contributed by atoms with Gasteiger partial charge in [0.15, 0.2) is 0 Å². The molecule has 0 bridgehead atoms. The fraction of sp³-hybridized carbons (Fsp3) is 0.438. The number of hydrogen-bond acceptors (Lipinski definition) is 9. The second-order valence-corrected chi connectivity index (χ2v) is 7.54. The molecular weight excluding hydrogens is 398 g/mol. The molecule has 0 amide bonds. The van der Waals surface area contributed by atoms with Gasteiger partial charge in [0, 0.05) is 17.5 Å². The predicted molar refractivity (Wildman–Crippen MR) is 94.1 cm³/mol. The second-order valence-electron chi connectivity index (χ2n) is 6.35. The van der Waals surface area contributed by atoms with Crippen LogP contribution in [0.2, 0.25) is 0 Å². The summed E-state index contributed by atoms with van der Waals surface area (Å²) in [5.41, 5.74) is 0.314. The van der Waals surface area contributed by atoms with Crippen molar-refractivity contribution in [3.63, 3.8) is 0 Å². The fourth-order valence-electron chi connectivity index (χ4n) is 2.99. The quantitative estimate of drug-likeness (QED) is 0.290. The van der Waals surface area contributed by atoms with Crippen molar-refractivity contribution in [3.8, 4) is 5.75 Å². The Morgan fingerprint density at radius 2 is 1.93 bits per heavy atom. The molecule has 28 heavy (non-hydrogen) atoms. The van der Waals surface area contributed by atoms with Crippen LogP contribution in [0, 0.1) is 6.92 Å². The number of aryl methyl sites for hydroxylation is 1. The minimum atomic E-state index is -4.78. The Bertz CT molecular complexity index is 1020. The van der Waals surface area contributed by atoms with Crippen LogP contribution >= 0.6 is 0 Å². The first-order chi connectivity index (χ1) is 13.1. The first-order valence-corrected chi connectivity index (χ1v) is 9.61. The molecule has 1 aliphatic heterocycles. The molecule has 1 fully saturated rings. The van der Waals surface area contributed by atoms with Crippen molar-refractivity contribution in [1.29, 1.82) is 0 Å². The standard InChI is InChI=1S/C16H19NO10S/c1-7-4-12(19)26-10-5-8(2-3-9(7)10)25-16-13(17-28(22,23)24)15(21)14(20)11(6-18)27-16/h2-5,11,13-18,20-21H,6H2,1H3,(H,22,23,24)/t11?,13?,14-,15?,16+/m0/s1. The molecule has 3 unspecified atom stereocenters. The Hall–Kier alpha value is -2.06. The number of aliphatic hydroxyl groups is 3. The zero-order valence-electron chi connectivity index (χ0n) is 14.5. The lowest BCUT2D eigenvalue weighted by Crippen LogP contribution is -2.65. The molecule has 5 N–H and O–H groups in total. The van der Waals surface area contributed by atoms with Crippen LogP contribution in [0.3, 0.4) is 0 Å². The molecule has 12 heteroatoms. The topological polar surface area (TPSA) is 176 Å². The van der Waals surface area contributed by atoms with E-state index in [0.29, 0.717) is 10.9 Å². The third-order valence-corrected chi connectivity index (χ3v) is 4.91. The molecule has 0 spiro atoms. The van der Waals surface area contributed by atoms with E-state index in [1.807, 2.05) is 0 Å². The zero-order chi connectivity index (χ0) is 20.6. The van der Waals surface area contributed by atoms with E-state index >= 15 is 0 Å². The second kappa shape index (κ2) is 7.75. The number of rotatable bonds is 5. The molecule has 5 atom stereocenters. The highest BCUT2D eigenvalue weighted by Crippen LogP contribution is 2.27. The SMILES string of the molecule is Cc1cc(=O)oc2cc(O[C@@H]3OC(CO)[C@H](O)C(O)C3NS(=O)(=O)O)ccc12. The number of fused-ring (bicyclic) bond motifs is 1. The highest BCUT2D eigenvalue weighted by atomic mass is 32.2. The van der Waals surface area contributed by atoms with Crippen LogP contribution in [0.4, 0.5) is 0 Å². The summed E-state index contributed by atoms with van der Waals surface area (Å²) in [5.74, 6) is 0.0914. The molecule has 0 saturated carbocycles. The van der Waals surface area contributed by atoms with Crippen LogP contribution in [0.5, 0.6) is 5.75 Å². The molecular formula is C16H19NO10S. The van der Waals surface area contributed by atoms with Gasteiger partial charge in [-0.25, -0.2) is 4.79 Å². The van der Waals surface area contributed by atoms with Crippen LogP contribution in [-0.2, 0) is 15.0 Å². The third-order valence-electron chi connectivity index (χ3n) is 4.34. The largest absolute Gasteiger partial charge is 0.463 e. The number of aliphatic hydroxyl groups excluding tert-OH is 3. The molecule has 2 heterocycles. The molecule has 2 aromatic rings. The lowest BCUT2D eigenvalue weighted by atomic mass is 9.98. The summed E-state index contributed by atoms with van der Waals surface area (Å²) in [6.45, 7) is 1.04. The van der Waals surface area contributed by atoms with Gasteiger partial charge in [-0.3, -0.25) is 4.55 Å². The van der Waals surface area contributed by atoms with Crippen LogP contribution in [0.15, 0.2) is 33.5 Å². The maximum atomic E-state index is 11.5. The normalized spacial score (nSPS) is 28.4. The van der Waals surface area contributed by atoms with Gasteiger partial charge in [0.25, 0.3) is 0 Å². The van der Waals surface area contributed by atoms with Gasteiger partial charge >= 0.3 is 15.9 Å². The van der Waals surface area contributed by atoms with Crippen molar-refractivity contribution in [3.05, 3.63) is 40.2 Å². The van der Waals surface area contributed by atoms with E-state index in [0.717, 1.165) is 0 Å². The minimum absolute atomic E-state index is 0.0914. The zero-order valence-corrected chi connectivity index (χ0v) is 15.4. The van der Waals surface area contributed by atoms with Crippen LogP contribution < -0.4 is 15.1 Å². The lowest BCUT2D eigenvalue weighted by molar-refractivity contribution is -0.242. The molecule has 1 aliphatic rings. The van der Waals surface area contributed by atoms with Gasteiger partial charge in [-0.2, -0.15) is 13.1 Å². The molecule has 11 nitrogen and oxygen atoms in total. The van der Waals surface area contributed by atoms with Crippen molar-refractivity contribution in [1.82, 2.24) is 4.72 Å². The molecule has 1 aromatic carbocycles. The summed E-state index contributed by atoms with van der Waals surface area (Å²) in [6.07, 6.45) is -6.17. The predicted octanol–water partition coefficient (Wildman–Crippen LogP) is -1.32. The Labute approximate surface area is 159 Å². The monoisotopic (exact) mass is 417 g/mol. The smallest absolute Gasteiger partial charge is 0.336 e. The van der Waals surface area contributed by atoms with E-state index in [1.54, 1.807) is 17.7 Å². The number of hydrogen-bond donors (Lipinski definition) is 5. The molecule has 3 rings (SSSR count). The van der Waals surface area contributed by atoms with E-state index in [1.165, 1.54) is 18.2 Å². The molecule has 154 valence electrons. The number of benzene rings is 1. The summed E-state index contributed by atoms with van der Waals surface area (Å²) in [6, 6.07) is 4.19. The van der Waals surface area contributed by atoms with Crippen molar-refractivity contribution < 1.29 is 42.2 Å². The maximum absolute atomic E-state index is 11.5. The summed E-state index contributed by atoms with van der Waals surface area (Å²) >= 11 is 0. The maximum Gasteiger partial charge on any atom is 0.336 e. The highest BCUT2D eigenvalue weighted by Gasteiger charge is 2.47. The average molecular weight is 417 g/mol. The van der Waals surface area contributed by atoms with Crippen LogP contribution in [-0.4, -0.2) is 65.5 Å². The number of nitrogens with one attached hydrogen (secondary N) is 1. The van der Waals surface area contributed by atoms with Gasteiger partial charge in [-0.15, -0.1) is 0 Å². The van der Waals surface area contributed by atoms with Crippen molar-refractivity contribution in [2.75, 3.05) is 6.61 Å². The first kappa shape index (κ1) is 20.7. The van der Waals surface area contributed by atoms with Gasteiger partial charge in [-0.05, 0) is 24.6 Å². The van der Waals surface area contributed by atoms with E-state index in [2.05, 4.69) is 0 Å². The first-order valence-electron chi connectivity index (χ1n) is 8.17. The summed E-state index contributed by atoms with van der Waals surface area (Å²) in [4.78, 5) is 11.5. The van der Waals surface area contributed by atoms with Crippen LogP contribution in [0.1, 0.15) is 5.56 Å². The Morgan fingerprint density at radius 1 is 1.21 bits per heavy atom. The third kappa shape index (κ3) is 4.33. The van der Waals surface area contributed by atoms with Crippen molar-refractivity contribution >= 4 is 21.3 Å². The van der Waals surface area contributed by atoms with Gasteiger partial charge in [-0.1, -0.05) is 0 Å². The lowest BCUT2D eigenvalue weighted by Gasteiger charge is -2.41. The minimum Gasteiger partial charge on any atom is -0.463 e. The molecule has 0 aliphatic carbocycles. The van der Waals surface area contributed by atoms with Gasteiger partial charge in [0.1, 0.15) is 35.7 Å². The summed E-state index contributed by atoms with van der Waals surface area (Å²) < 4.78 is 49.1. The van der Waals surface area contributed by atoms with Crippen LogP contribution in [0.25, 0.3) is 11.0 Å². The summed E-state index contributed by atoms with van der Waals surface area (Å²) in [7, 11) is -4.78. The number of ether oxygens (including phenoxy) is 2. The summed E-state index contributed by atoms with van der Waals surface area (Å²) in [5, 5.41) is 30.1. The molecule has 1 aromatic heterocycles. The van der Waals surface area contributed by atoms with E-state index in [-0.39, 0.29) is 11.3 Å². The van der Waals surface area contributed by atoms with E-state index in [9.17, 15) is 28.5 Å². The van der Waals surface area contributed by atoms with Gasteiger partial charge in [0.05, 0.1) is 6.61 Å². The highest BCUT2D eigenvalue weighted by molar-refractivity contribution is 7.83.